The maximum Gasteiger partial charge on any atom is 0.270 e. The van der Waals surface area contributed by atoms with Crippen molar-refractivity contribution < 1.29 is 13.9 Å². The average molecular weight is 474 g/mol. The number of halogens is 1. The van der Waals surface area contributed by atoms with Gasteiger partial charge < -0.3 is 10.1 Å². The first-order valence-electron chi connectivity index (χ1n) is 11.9. The van der Waals surface area contributed by atoms with Crippen molar-refractivity contribution in [2.75, 3.05) is 13.2 Å². The van der Waals surface area contributed by atoms with Gasteiger partial charge in [0.2, 0.25) is 0 Å². The molecule has 8 heteroatoms. The summed E-state index contributed by atoms with van der Waals surface area (Å²) in [5, 5.41) is 8.12. The minimum atomic E-state index is -0.580. The number of aryl methyl sites for hydroxylation is 2. The Labute approximate surface area is 203 Å². The van der Waals surface area contributed by atoms with Gasteiger partial charge in [-0.1, -0.05) is 12.1 Å². The van der Waals surface area contributed by atoms with Gasteiger partial charge in [-0.05, 0) is 73.6 Å². The Balaban J connectivity index is 1.42. The molecule has 0 radical (unpaired) electrons. The molecule has 1 fully saturated rings. The number of nitrogens with zero attached hydrogens (tertiary/aromatic N) is 4. The van der Waals surface area contributed by atoms with Crippen LogP contribution in [0.1, 0.15) is 51.9 Å². The Kier molecular flexibility index (Phi) is 6.55. The number of fused-ring (bicyclic) bond motifs is 1. The highest BCUT2D eigenvalue weighted by Gasteiger charge is 2.22. The molecule has 4 heterocycles. The zero-order valence-corrected chi connectivity index (χ0v) is 19.9. The van der Waals surface area contributed by atoms with Crippen LogP contribution in [0.3, 0.4) is 0 Å². The van der Waals surface area contributed by atoms with E-state index in [9.17, 15) is 9.18 Å². The second kappa shape index (κ2) is 9.92. The molecule has 4 aromatic rings. The molecular formula is C27H28FN5O2. The molecule has 3 aromatic heterocycles. The predicted octanol–water partition coefficient (Wildman–Crippen LogP) is 4.30. The molecular weight excluding hydrogens is 445 g/mol. The highest BCUT2D eigenvalue weighted by atomic mass is 19.1. The van der Waals surface area contributed by atoms with Gasteiger partial charge in [-0.15, -0.1) is 0 Å². The van der Waals surface area contributed by atoms with Crippen molar-refractivity contribution in [2.45, 2.75) is 32.2 Å². The largest absolute Gasteiger partial charge is 0.381 e. The first-order chi connectivity index (χ1) is 17.0. The van der Waals surface area contributed by atoms with Crippen LogP contribution < -0.4 is 5.32 Å². The molecule has 1 aliphatic rings. The number of amides is 1. The molecule has 180 valence electrons. The third-order valence-electron chi connectivity index (χ3n) is 6.66. The molecule has 1 saturated heterocycles. The van der Waals surface area contributed by atoms with E-state index in [0.29, 0.717) is 22.7 Å². The summed E-state index contributed by atoms with van der Waals surface area (Å²) in [5.74, 6) is -0.117. The molecule has 7 nitrogen and oxygen atoms in total. The number of hydrogen-bond donors (Lipinski definition) is 1. The van der Waals surface area contributed by atoms with E-state index in [-0.39, 0.29) is 11.7 Å². The number of aromatic nitrogens is 4. The van der Waals surface area contributed by atoms with Gasteiger partial charge in [0, 0.05) is 43.7 Å². The maximum atomic E-state index is 14.4. The highest BCUT2D eigenvalue weighted by Crippen LogP contribution is 2.25. The molecule has 1 aliphatic heterocycles. The van der Waals surface area contributed by atoms with Crippen LogP contribution in [0, 0.1) is 18.7 Å². The van der Waals surface area contributed by atoms with Gasteiger partial charge in [0.25, 0.3) is 5.91 Å². The molecule has 0 spiro atoms. The van der Waals surface area contributed by atoms with Gasteiger partial charge in [-0.3, -0.25) is 14.5 Å². The summed E-state index contributed by atoms with van der Waals surface area (Å²) in [6.45, 7) is 3.30. The van der Waals surface area contributed by atoms with Gasteiger partial charge in [-0.25, -0.2) is 9.37 Å². The summed E-state index contributed by atoms with van der Waals surface area (Å²) in [6.07, 6.45) is 6.40. The molecule has 1 aromatic carbocycles. The molecule has 0 saturated carbocycles. The first-order valence-corrected chi connectivity index (χ1v) is 11.9. The van der Waals surface area contributed by atoms with Gasteiger partial charge in [-0.2, -0.15) is 5.10 Å². The number of rotatable bonds is 6. The lowest BCUT2D eigenvalue weighted by atomic mass is 9.94. The Morgan fingerprint density at radius 1 is 1.20 bits per heavy atom. The van der Waals surface area contributed by atoms with Crippen molar-refractivity contribution in [1.29, 1.82) is 0 Å². The second-order valence-electron chi connectivity index (χ2n) is 9.12. The molecule has 35 heavy (non-hydrogen) atoms. The van der Waals surface area contributed by atoms with E-state index in [1.54, 1.807) is 37.0 Å². The van der Waals surface area contributed by atoms with E-state index in [0.717, 1.165) is 54.8 Å². The van der Waals surface area contributed by atoms with Crippen LogP contribution in [0.5, 0.6) is 0 Å². The van der Waals surface area contributed by atoms with E-state index in [2.05, 4.69) is 20.4 Å². The fraction of sp³-hybridized carbons (Fsp3) is 0.333. The van der Waals surface area contributed by atoms with Crippen molar-refractivity contribution in [3.8, 4) is 0 Å². The number of pyridine rings is 2. The van der Waals surface area contributed by atoms with Crippen LogP contribution in [0.2, 0.25) is 0 Å². The topological polar surface area (TPSA) is 81.9 Å². The van der Waals surface area contributed by atoms with Crippen molar-refractivity contribution in [2.24, 2.45) is 13.0 Å². The fourth-order valence-corrected chi connectivity index (χ4v) is 4.53. The Morgan fingerprint density at radius 2 is 2.03 bits per heavy atom. The Bertz CT molecular complexity index is 1360. The van der Waals surface area contributed by atoms with Crippen LogP contribution in [0.25, 0.3) is 10.9 Å². The minimum absolute atomic E-state index is 0.292. The smallest absolute Gasteiger partial charge is 0.270 e. The lowest BCUT2D eigenvalue weighted by Gasteiger charge is -2.21. The van der Waals surface area contributed by atoms with Crippen LogP contribution in [-0.4, -0.2) is 38.9 Å². The molecule has 0 bridgehead atoms. The van der Waals surface area contributed by atoms with E-state index in [4.69, 9.17) is 4.74 Å². The Hall–Kier alpha value is -3.65. The van der Waals surface area contributed by atoms with Crippen molar-refractivity contribution in [3.05, 3.63) is 88.9 Å². The van der Waals surface area contributed by atoms with E-state index in [1.807, 2.05) is 30.5 Å². The van der Waals surface area contributed by atoms with Crippen LogP contribution in [-0.2, 0) is 18.2 Å². The highest BCUT2D eigenvalue weighted by molar-refractivity contribution is 5.95. The maximum absolute atomic E-state index is 14.4. The monoisotopic (exact) mass is 473 g/mol. The summed E-state index contributed by atoms with van der Waals surface area (Å²) < 4.78 is 21.5. The molecule has 1 atom stereocenters. The van der Waals surface area contributed by atoms with Crippen LogP contribution in [0.4, 0.5) is 4.39 Å². The van der Waals surface area contributed by atoms with Crippen molar-refractivity contribution >= 4 is 16.8 Å². The molecule has 5 rings (SSSR count). The third kappa shape index (κ3) is 5.07. The average Bonchev–Trinajstić information content (AvgIpc) is 3.29. The quantitative estimate of drug-likeness (QED) is 0.452. The number of carbonyl (C=O) groups excluding carboxylic acids is 1. The number of carbonyl (C=O) groups is 1. The van der Waals surface area contributed by atoms with Gasteiger partial charge in [0.05, 0.1) is 17.3 Å². The summed E-state index contributed by atoms with van der Waals surface area (Å²) in [5.41, 5.74) is 3.91. The lowest BCUT2D eigenvalue weighted by molar-refractivity contribution is 0.0663. The molecule has 0 unspecified atom stereocenters. The predicted molar refractivity (Wildman–Crippen MR) is 130 cm³/mol. The third-order valence-corrected chi connectivity index (χ3v) is 6.66. The van der Waals surface area contributed by atoms with E-state index < -0.39 is 6.04 Å². The van der Waals surface area contributed by atoms with Crippen molar-refractivity contribution in [3.63, 3.8) is 0 Å². The van der Waals surface area contributed by atoms with Gasteiger partial charge in [0.1, 0.15) is 11.5 Å². The molecule has 1 amide bonds. The zero-order chi connectivity index (χ0) is 24.4. The molecule has 1 N–H and O–H groups in total. The number of hydrogen-bond acceptors (Lipinski definition) is 5. The standard InChI is InChI=1S/C27H28FN5O2/c1-17-3-4-19(14-22(17)28)26(25-7-10-30-33(25)2)32-27(34)23-6-5-20-16-29-21(15-24(20)31-23)13-18-8-11-35-12-9-18/h3-7,10,14-16,18,26H,8-9,11-13H2,1-2H3,(H,32,34)/t26-/m0/s1. The normalized spacial score (nSPS) is 15.3. The zero-order valence-electron chi connectivity index (χ0n) is 19.9. The Morgan fingerprint density at radius 3 is 2.77 bits per heavy atom. The number of ether oxygens (including phenoxy) is 1. The van der Waals surface area contributed by atoms with Gasteiger partial charge >= 0.3 is 0 Å². The number of nitrogens with one attached hydrogen (secondary N) is 1. The van der Waals surface area contributed by atoms with Crippen molar-refractivity contribution in [1.82, 2.24) is 25.1 Å². The number of benzene rings is 1. The summed E-state index contributed by atoms with van der Waals surface area (Å²) in [4.78, 5) is 22.5. The lowest BCUT2D eigenvalue weighted by Crippen LogP contribution is -2.31. The summed E-state index contributed by atoms with van der Waals surface area (Å²) in [7, 11) is 1.79. The first kappa shape index (κ1) is 23.1. The minimum Gasteiger partial charge on any atom is -0.381 e. The summed E-state index contributed by atoms with van der Waals surface area (Å²) >= 11 is 0. The second-order valence-corrected chi connectivity index (χ2v) is 9.12. The van der Waals surface area contributed by atoms with Crippen LogP contribution >= 0.6 is 0 Å². The van der Waals surface area contributed by atoms with Crippen LogP contribution in [0.15, 0.2) is 54.9 Å². The van der Waals surface area contributed by atoms with E-state index in [1.165, 1.54) is 6.07 Å². The summed E-state index contributed by atoms with van der Waals surface area (Å²) in [6, 6.07) is 11.7. The molecule has 0 aliphatic carbocycles. The van der Waals surface area contributed by atoms with E-state index >= 15 is 0 Å². The fourth-order valence-electron chi connectivity index (χ4n) is 4.53. The van der Waals surface area contributed by atoms with Gasteiger partial charge in [0.15, 0.2) is 0 Å². The SMILES string of the molecule is Cc1ccc([C@H](NC(=O)c2ccc3cnc(CC4CCOCC4)cc3n2)c2ccnn2C)cc1F.